The van der Waals surface area contributed by atoms with E-state index in [9.17, 15) is 9.59 Å². The van der Waals surface area contributed by atoms with Gasteiger partial charge in [-0.05, 0) is 42.0 Å². The molecular formula is C24H28N2O2. The minimum Gasteiger partial charge on any atom is -0.350 e. The summed E-state index contributed by atoms with van der Waals surface area (Å²) < 4.78 is 0. The molecule has 0 saturated heterocycles. The predicted molar refractivity (Wildman–Crippen MR) is 114 cm³/mol. The van der Waals surface area contributed by atoms with Gasteiger partial charge in [0.15, 0.2) is 0 Å². The van der Waals surface area contributed by atoms with Crippen molar-refractivity contribution in [1.29, 1.82) is 0 Å². The number of hydrogen-bond donors (Lipinski definition) is 1. The zero-order valence-electron chi connectivity index (χ0n) is 17.2. The molecule has 0 unspecified atom stereocenters. The average Bonchev–Trinajstić information content (AvgIpc) is 2.87. The Morgan fingerprint density at radius 2 is 1.46 bits per heavy atom. The van der Waals surface area contributed by atoms with Crippen LogP contribution in [0.4, 0.5) is 5.69 Å². The van der Waals surface area contributed by atoms with Gasteiger partial charge in [-0.15, -0.1) is 0 Å². The molecule has 0 aliphatic carbocycles. The van der Waals surface area contributed by atoms with Gasteiger partial charge < -0.3 is 5.32 Å². The molecule has 4 heteroatoms. The number of benzene rings is 2. The molecule has 2 amide bonds. The third kappa shape index (κ3) is 4.01. The SMILES string of the molecule is Cc1ccc(C2=C(Nc3ccc(C(C)C)cc3)C(=O)N(CC(C)C)C2=O)cc1. The lowest BCUT2D eigenvalue weighted by molar-refractivity contribution is -0.137. The molecule has 0 spiro atoms. The normalized spacial score (nSPS) is 14.6. The Hall–Kier alpha value is -2.88. The van der Waals surface area contributed by atoms with E-state index in [0.717, 1.165) is 16.8 Å². The minimum atomic E-state index is -0.262. The van der Waals surface area contributed by atoms with Crippen LogP contribution in [0.1, 0.15) is 50.3 Å². The van der Waals surface area contributed by atoms with Crippen LogP contribution in [0.2, 0.25) is 0 Å². The van der Waals surface area contributed by atoms with E-state index in [-0.39, 0.29) is 17.7 Å². The first-order valence-corrected chi connectivity index (χ1v) is 9.82. The molecule has 1 heterocycles. The number of aryl methyl sites for hydroxylation is 1. The Labute approximate surface area is 167 Å². The van der Waals surface area contributed by atoms with Crippen LogP contribution in [0, 0.1) is 12.8 Å². The van der Waals surface area contributed by atoms with Crippen molar-refractivity contribution in [2.45, 2.75) is 40.5 Å². The van der Waals surface area contributed by atoms with Gasteiger partial charge in [0.05, 0.1) is 5.57 Å². The van der Waals surface area contributed by atoms with Gasteiger partial charge in [0.2, 0.25) is 0 Å². The Balaban J connectivity index is 2.01. The third-order valence-corrected chi connectivity index (χ3v) is 4.90. The zero-order chi connectivity index (χ0) is 20.4. The van der Waals surface area contributed by atoms with Gasteiger partial charge in [-0.1, -0.05) is 69.7 Å². The molecule has 0 saturated carbocycles. The van der Waals surface area contributed by atoms with Crippen LogP contribution in [0.25, 0.3) is 5.57 Å². The minimum absolute atomic E-state index is 0.205. The van der Waals surface area contributed by atoms with Crippen molar-refractivity contribution in [3.05, 3.63) is 70.9 Å². The van der Waals surface area contributed by atoms with Gasteiger partial charge in [-0.2, -0.15) is 0 Å². The Morgan fingerprint density at radius 3 is 2.00 bits per heavy atom. The van der Waals surface area contributed by atoms with Crippen LogP contribution in [0.3, 0.4) is 0 Å². The topological polar surface area (TPSA) is 49.4 Å². The van der Waals surface area contributed by atoms with Crippen molar-refractivity contribution in [3.8, 4) is 0 Å². The summed E-state index contributed by atoms with van der Waals surface area (Å²) in [5.74, 6) is 0.149. The Bertz CT molecular complexity index is 907. The highest BCUT2D eigenvalue weighted by Crippen LogP contribution is 2.31. The van der Waals surface area contributed by atoms with Crippen LogP contribution < -0.4 is 5.32 Å². The van der Waals surface area contributed by atoms with Crippen LogP contribution in [-0.4, -0.2) is 23.3 Å². The fraction of sp³-hybridized carbons (Fsp3) is 0.333. The van der Waals surface area contributed by atoms with E-state index in [0.29, 0.717) is 23.7 Å². The summed E-state index contributed by atoms with van der Waals surface area (Å²) in [7, 11) is 0. The lowest BCUT2D eigenvalue weighted by Crippen LogP contribution is -2.35. The summed E-state index contributed by atoms with van der Waals surface area (Å²) in [6, 6.07) is 15.7. The maximum atomic E-state index is 13.1. The molecular weight excluding hydrogens is 348 g/mol. The molecule has 0 aromatic heterocycles. The second kappa shape index (κ2) is 8.01. The van der Waals surface area contributed by atoms with Crippen molar-refractivity contribution in [2.75, 3.05) is 11.9 Å². The highest BCUT2D eigenvalue weighted by molar-refractivity contribution is 6.36. The maximum Gasteiger partial charge on any atom is 0.278 e. The molecule has 1 aliphatic rings. The molecule has 4 nitrogen and oxygen atoms in total. The highest BCUT2D eigenvalue weighted by atomic mass is 16.2. The summed E-state index contributed by atoms with van der Waals surface area (Å²) in [5, 5.41) is 3.22. The summed E-state index contributed by atoms with van der Waals surface area (Å²) in [6.45, 7) is 10.7. The first kappa shape index (κ1) is 19.9. The van der Waals surface area contributed by atoms with Gasteiger partial charge in [0, 0.05) is 12.2 Å². The van der Waals surface area contributed by atoms with Crippen molar-refractivity contribution in [3.63, 3.8) is 0 Å². The highest BCUT2D eigenvalue weighted by Gasteiger charge is 2.39. The van der Waals surface area contributed by atoms with Crippen LogP contribution in [0.5, 0.6) is 0 Å². The lowest BCUT2D eigenvalue weighted by Gasteiger charge is -2.17. The molecule has 1 N–H and O–H groups in total. The number of rotatable bonds is 6. The Kier molecular flexibility index (Phi) is 5.68. The van der Waals surface area contributed by atoms with Crippen LogP contribution in [-0.2, 0) is 9.59 Å². The fourth-order valence-corrected chi connectivity index (χ4v) is 3.31. The largest absolute Gasteiger partial charge is 0.350 e. The maximum absolute atomic E-state index is 13.1. The van der Waals surface area contributed by atoms with Crippen molar-refractivity contribution >= 4 is 23.1 Å². The van der Waals surface area contributed by atoms with Gasteiger partial charge in [0.25, 0.3) is 11.8 Å². The summed E-state index contributed by atoms with van der Waals surface area (Å²) in [4.78, 5) is 27.5. The fourth-order valence-electron chi connectivity index (χ4n) is 3.31. The summed E-state index contributed by atoms with van der Waals surface area (Å²) in [6.07, 6.45) is 0. The zero-order valence-corrected chi connectivity index (χ0v) is 17.2. The van der Waals surface area contributed by atoms with E-state index in [1.54, 1.807) is 0 Å². The molecule has 3 rings (SSSR count). The van der Waals surface area contributed by atoms with E-state index in [1.165, 1.54) is 10.5 Å². The smallest absolute Gasteiger partial charge is 0.278 e. The molecule has 28 heavy (non-hydrogen) atoms. The second-order valence-electron chi connectivity index (χ2n) is 8.13. The number of anilines is 1. The molecule has 2 aromatic rings. The number of nitrogens with one attached hydrogen (secondary N) is 1. The molecule has 2 aromatic carbocycles. The number of nitrogens with zero attached hydrogens (tertiary/aromatic N) is 1. The number of imide groups is 1. The molecule has 0 atom stereocenters. The van der Waals surface area contributed by atoms with E-state index < -0.39 is 0 Å². The van der Waals surface area contributed by atoms with Gasteiger partial charge in [0.1, 0.15) is 5.70 Å². The van der Waals surface area contributed by atoms with Gasteiger partial charge >= 0.3 is 0 Å². The first-order valence-electron chi connectivity index (χ1n) is 9.82. The number of carbonyl (C=O) groups excluding carboxylic acids is 2. The van der Waals surface area contributed by atoms with E-state index in [4.69, 9.17) is 0 Å². The lowest BCUT2D eigenvalue weighted by atomic mass is 10.0. The Morgan fingerprint density at radius 1 is 0.857 bits per heavy atom. The van der Waals surface area contributed by atoms with Gasteiger partial charge in [-0.3, -0.25) is 14.5 Å². The average molecular weight is 377 g/mol. The first-order chi connectivity index (χ1) is 13.3. The molecule has 0 fully saturated rings. The number of carbonyl (C=O) groups is 2. The molecule has 0 radical (unpaired) electrons. The summed E-state index contributed by atoms with van der Waals surface area (Å²) >= 11 is 0. The van der Waals surface area contributed by atoms with E-state index in [2.05, 4.69) is 19.2 Å². The standard InChI is InChI=1S/C24H28N2O2/c1-15(2)14-26-23(27)21(19-8-6-17(5)7-9-19)22(24(26)28)25-20-12-10-18(11-13-20)16(3)4/h6-13,15-16,25H,14H2,1-5H3. The quantitative estimate of drug-likeness (QED) is 0.725. The van der Waals surface area contributed by atoms with E-state index in [1.807, 2.05) is 69.3 Å². The van der Waals surface area contributed by atoms with E-state index >= 15 is 0 Å². The monoisotopic (exact) mass is 376 g/mol. The third-order valence-electron chi connectivity index (χ3n) is 4.90. The molecule has 146 valence electrons. The molecule has 0 bridgehead atoms. The van der Waals surface area contributed by atoms with Crippen molar-refractivity contribution in [2.24, 2.45) is 5.92 Å². The summed E-state index contributed by atoms with van der Waals surface area (Å²) in [5.41, 5.74) is 4.70. The van der Waals surface area contributed by atoms with Gasteiger partial charge in [-0.25, -0.2) is 0 Å². The molecule has 1 aliphatic heterocycles. The number of amides is 2. The number of hydrogen-bond acceptors (Lipinski definition) is 3. The van der Waals surface area contributed by atoms with Crippen LogP contribution >= 0.6 is 0 Å². The predicted octanol–water partition coefficient (Wildman–Crippen LogP) is 4.97. The van der Waals surface area contributed by atoms with Crippen LogP contribution in [0.15, 0.2) is 54.2 Å². The second-order valence-corrected chi connectivity index (χ2v) is 8.13. The van der Waals surface area contributed by atoms with Crippen molar-refractivity contribution < 1.29 is 9.59 Å². The van der Waals surface area contributed by atoms with Crippen molar-refractivity contribution in [1.82, 2.24) is 4.90 Å².